The lowest BCUT2D eigenvalue weighted by atomic mass is 10.1. The number of thiazole rings is 1. The summed E-state index contributed by atoms with van der Waals surface area (Å²) in [5.74, 6) is 0.981. The van der Waals surface area contributed by atoms with E-state index in [1.165, 1.54) is 4.88 Å². The summed E-state index contributed by atoms with van der Waals surface area (Å²) in [6.45, 7) is 4.09. The fourth-order valence-corrected chi connectivity index (χ4v) is 2.92. The molecule has 0 aliphatic rings. The molecule has 5 nitrogen and oxygen atoms in total. The Morgan fingerprint density at radius 1 is 1.47 bits per heavy atom. The number of hydrogen-bond donors (Lipinski definition) is 1. The van der Waals surface area contributed by atoms with Crippen LogP contribution in [0.5, 0.6) is 0 Å². The van der Waals surface area contributed by atoms with Crippen molar-refractivity contribution in [1.29, 1.82) is 0 Å². The number of nitrogens with one attached hydrogen (secondary N) is 1. The van der Waals surface area contributed by atoms with Crippen LogP contribution in [-0.4, -0.2) is 26.8 Å². The fraction of sp³-hybridized carbons (Fsp3) is 0.545. The van der Waals surface area contributed by atoms with Gasteiger partial charge in [-0.3, -0.25) is 4.68 Å². The monoisotopic (exact) mass is 251 g/mol. The van der Waals surface area contributed by atoms with Crippen molar-refractivity contribution >= 4 is 11.3 Å². The fourth-order valence-electron chi connectivity index (χ4n) is 1.88. The largest absolute Gasteiger partial charge is 0.312 e. The van der Waals surface area contributed by atoms with E-state index in [2.05, 4.69) is 27.3 Å². The van der Waals surface area contributed by atoms with Crippen molar-refractivity contribution in [3.05, 3.63) is 27.7 Å². The number of nitrogens with zero attached hydrogens (tertiary/aromatic N) is 4. The van der Waals surface area contributed by atoms with E-state index >= 15 is 0 Å². The van der Waals surface area contributed by atoms with Crippen molar-refractivity contribution in [3.63, 3.8) is 0 Å². The molecule has 0 radical (unpaired) electrons. The molecule has 1 atom stereocenters. The second-order valence-electron chi connectivity index (χ2n) is 4.03. The summed E-state index contributed by atoms with van der Waals surface area (Å²) in [5, 5.41) is 8.53. The molecule has 92 valence electrons. The van der Waals surface area contributed by atoms with Crippen LogP contribution in [0.4, 0.5) is 0 Å². The third kappa shape index (κ3) is 2.53. The first kappa shape index (κ1) is 12.2. The van der Waals surface area contributed by atoms with E-state index in [0.29, 0.717) is 0 Å². The smallest absolute Gasteiger partial charge is 0.138 e. The summed E-state index contributed by atoms with van der Waals surface area (Å²) < 4.78 is 1.81. The molecule has 6 heteroatoms. The lowest BCUT2D eigenvalue weighted by Gasteiger charge is -2.14. The molecule has 2 heterocycles. The zero-order valence-corrected chi connectivity index (χ0v) is 11.4. The average Bonchev–Trinajstić information content (AvgIpc) is 2.82. The minimum absolute atomic E-state index is 0.254. The van der Waals surface area contributed by atoms with Gasteiger partial charge in [-0.1, -0.05) is 0 Å². The highest BCUT2D eigenvalue weighted by Crippen LogP contribution is 2.26. The molecular formula is C11H17N5S. The van der Waals surface area contributed by atoms with Crippen LogP contribution in [-0.2, 0) is 13.5 Å². The van der Waals surface area contributed by atoms with Crippen LogP contribution >= 0.6 is 11.3 Å². The second-order valence-corrected chi connectivity index (χ2v) is 5.26. The van der Waals surface area contributed by atoms with Crippen LogP contribution in [0.15, 0.2) is 6.33 Å². The Morgan fingerprint density at radius 3 is 2.71 bits per heavy atom. The predicted octanol–water partition coefficient (Wildman–Crippen LogP) is 1.39. The highest BCUT2D eigenvalue weighted by molar-refractivity contribution is 7.11. The van der Waals surface area contributed by atoms with E-state index in [-0.39, 0.29) is 6.04 Å². The average molecular weight is 251 g/mol. The topological polar surface area (TPSA) is 55.6 Å². The molecule has 17 heavy (non-hydrogen) atoms. The molecule has 1 unspecified atom stereocenters. The molecule has 0 aliphatic carbocycles. The van der Waals surface area contributed by atoms with Crippen LogP contribution in [0.1, 0.15) is 27.4 Å². The van der Waals surface area contributed by atoms with Gasteiger partial charge in [0.2, 0.25) is 0 Å². The van der Waals surface area contributed by atoms with Crippen molar-refractivity contribution < 1.29 is 0 Å². The van der Waals surface area contributed by atoms with Crippen molar-refractivity contribution in [2.24, 2.45) is 7.05 Å². The Morgan fingerprint density at radius 2 is 2.24 bits per heavy atom. The molecule has 1 N–H and O–H groups in total. The minimum atomic E-state index is 0.254. The molecule has 0 aromatic carbocycles. The standard InChI is InChI=1S/C11H17N5S/c1-7-11(17-8(2)15-7)9(12-3)5-10-13-6-14-16(10)4/h6,9,12H,5H2,1-4H3. The van der Waals surface area contributed by atoms with E-state index in [1.54, 1.807) is 17.7 Å². The van der Waals surface area contributed by atoms with Crippen LogP contribution in [0.25, 0.3) is 0 Å². The van der Waals surface area contributed by atoms with Crippen LogP contribution in [0.2, 0.25) is 0 Å². The number of likely N-dealkylation sites (N-methyl/N-ethyl adjacent to an activating group) is 1. The predicted molar refractivity (Wildman–Crippen MR) is 68.1 cm³/mol. The van der Waals surface area contributed by atoms with Crippen LogP contribution in [0, 0.1) is 13.8 Å². The Bertz CT molecular complexity index is 502. The first-order valence-electron chi connectivity index (χ1n) is 5.56. The van der Waals surface area contributed by atoms with Crippen molar-refractivity contribution in [1.82, 2.24) is 25.1 Å². The van der Waals surface area contributed by atoms with E-state index in [1.807, 2.05) is 25.7 Å². The molecule has 2 aromatic rings. The lowest BCUT2D eigenvalue weighted by molar-refractivity contribution is 0.557. The molecular weight excluding hydrogens is 234 g/mol. The second kappa shape index (κ2) is 4.93. The summed E-state index contributed by atoms with van der Waals surface area (Å²) in [7, 11) is 3.88. The molecule has 0 saturated carbocycles. The number of rotatable bonds is 4. The summed E-state index contributed by atoms with van der Waals surface area (Å²) in [6, 6.07) is 0.254. The highest BCUT2D eigenvalue weighted by atomic mass is 32.1. The molecule has 0 amide bonds. The van der Waals surface area contributed by atoms with Crippen molar-refractivity contribution in [3.8, 4) is 0 Å². The molecule has 2 aromatic heterocycles. The van der Waals surface area contributed by atoms with Gasteiger partial charge in [0.25, 0.3) is 0 Å². The Balaban J connectivity index is 2.23. The normalized spacial score (nSPS) is 12.9. The van der Waals surface area contributed by atoms with Gasteiger partial charge in [0, 0.05) is 18.3 Å². The Kier molecular flexibility index (Phi) is 3.54. The van der Waals surface area contributed by atoms with Gasteiger partial charge in [-0.05, 0) is 20.9 Å². The number of aromatic nitrogens is 4. The Hall–Kier alpha value is -1.27. The van der Waals surface area contributed by atoms with E-state index in [4.69, 9.17) is 0 Å². The van der Waals surface area contributed by atoms with Gasteiger partial charge in [0.05, 0.1) is 16.7 Å². The quantitative estimate of drug-likeness (QED) is 0.892. The zero-order chi connectivity index (χ0) is 12.4. The molecule has 0 spiro atoms. The van der Waals surface area contributed by atoms with Crippen LogP contribution < -0.4 is 5.32 Å². The molecule has 0 saturated heterocycles. The number of aryl methyl sites for hydroxylation is 3. The summed E-state index contributed by atoms with van der Waals surface area (Å²) in [5.41, 5.74) is 1.11. The first-order valence-corrected chi connectivity index (χ1v) is 6.37. The SMILES string of the molecule is CNC(Cc1ncnn1C)c1sc(C)nc1C. The van der Waals surface area contributed by atoms with Crippen molar-refractivity contribution in [2.75, 3.05) is 7.05 Å². The van der Waals surface area contributed by atoms with E-state index in [9.17, 15) is 0 Å². The van der Waals surface area contributed by atoms with Gasteiger partial charge in [-0.2, -0.15) is 5.10 Å². The molecule has 0 bridgehead atoms. The summed E-state index contributed by atoms with van der Waals surface area (Å²) in [6.07, 6.45) is 2.42. The maximum atomic E-state index is 4.47. The molecule has 0 fully saturated rings. The van der Waals surface area contributed by atoms with Gasteiger partial charge in [0.1, 0.15) is 12.2 Å². The van der Waals surface area contributed by atoms with E-state index in [0.717, 1.165) is 22.9 Å². The van der Waals surface area contributed by atoms with Crippen molar-refractivity contribution in [2.45, 2.75) is 26.3 Å². The molecule has 2 rings (SSSR count). The van der Waals surface area contributed by atoms with Gasteiger partial charge in [-0.25, -0.2) is 9.97 Å². The Labute approximate surface area is 105 Å². The molecule has 0 aliphatic heterocycles. The van der Waals surface area contributed by atoms with Gasteiger partial charge < -0.3 is 5.32 Å². The third-order valence-electron chi connectivity index (χ3n) is 2.80. The minimum Gasteiger partial charge on any atom is -0.312 e. The van der Waals surface area contributed by atoms with E-state index < -0.39 is 0 Å². The zero-order valence-electron chi connectivity index (χ0n) is 10.6. The third-order valence-corrected chi connectivity index (χ3v) is 3.98. The van der Waals surface area contributed by atoms with Crippen LogP contribution in [0.3, 0.4) is 0 Å². The van der Waals surface area contributed by atoms with Gasteiger partial charge >= 0.3 is 0 Å². The summed E-state index contributed by atoms with van der Waals surface area (Å²) in [4.78, 5) is 10.0. The first-order chi connectivity index (χ1) is 8.11. The maximum Gasteiger partial charge on any atom is 0.138 e. The van der Waals surface area contributed by atoms with Gasteiger partial charge in [0.15, 0.2) is 0 Å². The maximum absolute atomic E-state index is 4.47. The lowest BCUT2D eigenvalue weighted by Crippen LogP contribution is -2.20. The summed E-state index contributed by atoms with van der Waals surface area (Å²) >= 11 is 1.74. The highest BCUT2D eigenvalue weighted by Gasteiger charge is 2.18. The number of hydrogen-bond acceptors (Lipinski definition) is 5. The van der Waals surface area contributed by atoms with Gasteiger partial charge in [-0.15, -0.1) is 11.3 Å².